The number of aromatic amines is 2. The van der Waals surface area contributed by atoms with Gasteiger partial charge in [-0.3, -0.25) is 10.1 Å². The van der Waals surface area contributed by atoms with Crippen molar-refractivity contribution < 1.29 is 0 Å². The molecule has 8 heteroatoms. The van der Waals surface area contributed by atoms with Crippen molar-refractivity contribution in [2.75, 3.05) is 13.1 Å². The van der Waals surface area contributed by atoms with Crippen LogP contribution in [0.2, 0.25) is 0 Å². The number of likely N-dealkylation sites (tertiary alicyclic amines) is 1. The summed E-state index contributed by atoms with van der Waals surface area (Å²) in [6, 6.07) is 8.62. The maximum Gasteiger partial charge on any atom is 0.128 e. The summed E-state index contributed by atoms with van der Waals surface area (Å²) >= 11 is 1.73. The number of aliphatic imine (C=N–C) groups is 1. The van der Waals surface area contributed by atoms with Gasteiger partial charge in [-0.1, -0.05) is 38.0 Å². The van der Waals surface area contributed by atoms with E-state index in [1.54, 1.807) is 23.6 Å². The lowest BCUT2D eigenvalue weighted by atomic mass is 10.0. The Morgan fingerprint density at radius 1 is 1.23 bits per heavy atom. The molecule has 4 N–H and O–H groups in total. The fourth-order valence-corrected chi connectivity index (χ4v) is 5.67. The lowest BCUT2D eigenvalue weighted by Gasteiger charge is -2.38. The number of rotatable bonds is 8. The summed E-state index contributed by atoms with van der Waals surface area (Å²) in [6.45, 7) is 19.6. The number of aryl methyl sites for hydroxylation is 1. The molecule has 0 bridgehead atoms. The Hall–Kier alpha value is -4.27. The normalized spacial score (nSPS) is 15.1. The number of allylic oxidation sites excluding steroid dienone is 4. The predicted octanol–water partition coefficient (Wildman–Crippen LogP) is 6.56. The molecule has 0 unspecified atom stereocenters. The van der Waals surface area contributed by atoms with Gasteiger partial charge in [-0.05, 0) is 56.7 Å². The van der Waals surface area contributed by atoms with Crippen molar-refractivity contribution in [1.82, 2.24) is 25.1 Å². The van der Waals surface area contributed by atoms with Crippen molar-refractivity contribution in [2.45, 2.75) is 26.8 Å². The molecule has 0 saturated carbocycles. The molecule has 0 aliphatic carbocycles. The number of hydrogen-bond donors (Lipinski definition) is 3. The number of hydrogen-bond acceptors (Lipinski definition) is 5. The van der Waals surface area contributed by atoms with Crippen LogP contribution in [0, 0.1) is 6.92 Å². The van der Waals surface area contributed by atoms with Crippen LogP contribution in [-0.2, 0) is 0 Å². The first kappa shape index (κ1) is 26.3. The van der Waals surface area contributed by atoms with Gasteiger partial charge in [-0.15, -0.1) is 11.3 Å². The predicted molar refractivity (Wildman–Crippen MR) is 166 cm³/mol. The standard InChI is InChI=1S/C31H33N7S/c1-7-10-21(29-12-11-28(39-29)18(4)5)22-13-26(34-19(22)6)31-23-14-25(33-15-27(23)36-37-31)24(8-2)35-30(9-3)38-16-20(32)17-38/h7-15,20,34H,1,3-4,16-17,32H2,2,5-6H3,(H,36,37)/b21-10+,24-8-,35-30?. The van der Waals surface area contributed by atoms with Gasteiger partial charge in [0.25, 0.3) is 0 Å². The highest BCUT2D eigenvalue weighted by atomic mass is 32.1. The quantitative estimate of drug-likeness (QED) is 0.135. The summed E-state index contributed by atoms with van der Waals surface area (Å²) in [5.41, 5.74) is 14.4. The Morgan fingerprint density at radius 3 is 2.64 bits per heavy atom. The van der Waals surface area contributed by atoms with E-state index in [9.17, 15) is 0 Å². The van der Waals surface area contributed by atoms with Crippen LogP contribution in [0.4, 0.5) is 0 Å². The molecular formula is C31H33N7S. The number of nitrogens with two attached hydrogens (primary N) is 1. The second kappa shape index (κ2) is 10.8. The van der Waals surface area contributed by atoms with Gasteiger partial charge in [-0.25, -0.2) is 4.99 Å². The van der Waals surface area contributed by atoms with Gasteiger partial charge in [0.15, 0.2) is 0 Å². The summed E-state index contributed by atoms with van der Waals surface area (Å²) in [5.74, 6) is 0.800. The van der Waals surface area contributed by atoms with E-state index in [0.29, 0.717) is 0 Å². The van der Waals surface area contributed by atoms with Crippen molar-refractivity contribution in [3.8, 4) is 11.4 Å². The highest BCUT2D eigenvalue weighted by Gasteiger charge is 2.25. The molecule has 0 atom stereocenters. The minimum absolute atomic E-state index is 0.177. The second-order valence-electron chi connectivity index (χ2n) is 9.68. The van der Waals surface area contributed by atoms with E-state index in [2.05, 4.69) is 76.0 Å². The smallest absolute Gasteiger partial charge is 0.128 e. The maximum atomic E-state index is 5.97. The van der Waals surface area contributed by atoms with E-state index in [4.69, 9.17) is 10.7 Å². The van der Waals surface area contributed by atoms with E-state index in [1.807, 2.05) is 32.1 Å². The minimum Gasteiger partial charge on any atom is -0.357 e. The fraction of sp³-hybridized carbons (Fsp3) is 0.194. The number of H-pyrrole nitrogens is 2. The zero-order valence-electron chi connectivity index (χ0n) is 22.6. The molecular weight excluding hydrogens is 502 g/mol. The monoisotopic (exact) mass is 535 g/mol. The van der Waals surface area contributed by atoms with Gasteiger partial charge in [0, 0.05) is 51.1 Å². The van der Waals surface area contributed by atoms with E-state index in [-0.39, 0.29) is 6.04 Å². The highest BCUT2D eigenvalue weighted by Crippen LogP contribution is 2.36. The third-order valence-electron chi connectivity index (χ3n) is 6.77. The number of nitrogens with zero attached hydrogens (tertiary/aromatic N) is 4. The number of fused-ring (bicyclic) bond motifs is 1. The van der Waals surface area contributed by atoms with E-state index in [0.717, 1.165) is 79.9 Å². The minimum atomic E-state index is 0.177. The number of amidine groups is 1. The molecule has 0 aromatic carbocycles. The van der Waals surface area contributed by atoms with Crippen LogP contribution in [0.1, 0.15) is 40.6 Å². The molecule has 1 aliphatic rings. The van der Waals surface area contributed by atoms with Crippen molar-refractivity contribution in [3.63, 3.8) is 0 Å². The Bertz CT molecular complexity index is 1670. The SMILES string of the molecule is C=C/C=C(/c1ccc(C(=C)C)s1)c1cc(-c2n[nH]c3cnc(/C(=C/C)N=C(C=C)N4CC(N)C4)cc23)[nH]c1C. The molecule has 0 radical (unpaired) electrons. The van der Waals surface area contributed by atoms with Crippen LogP contribution in [0.3, 0.4) is 0 Å². The van der Waals surface area contributed by atoms with Crippen LogP contribution >= 0.6 is 11.3 Å². The summed E-state index contributed by atoms with van der Waals surface area (Å²) < 4.78 is 0. The van der Waals surface area contributed by atoms with E-state index < -0.39 is 0 Å². The van der Waals surface area contributed by atoms with Crippen LogP contribution in [0.5, 0.6) is 0 Å². The zero-order valence-corrected chi connectivity index (χ0v) is 23.4. The Morgan fingerprint density at radius 2 is 2.00 bits per heavy atom. The van der Waals surface area contributed by atoms with Crippen LogP contribution in [0.15, 0.2) is 79.5 Å². The number of aromatic nitrogens is 4. The molecule has 4 aromatic heterocycles. The van der Waals surface area contributed by atoms with Crippen molar-refractivity contribution >= 4 is 44.9 Å². The zero-order chi connectivity index (χ0) is 27.7. The molecule has 5 rings (SSSR count). The summed E-state index contributed by atoms with van der Waals surface area (Å²) in [7, 11) is 0. The molecule has 4 aromatic rings. The molecule has 0 spiro atoms. The van der Waals surface area contributed by atoms with Gasteiger partial charge in [0.05, 0.1) is 28.8 Å². The maximum absolute atomic E-state index is 5.97. The fourth-order valence-electron chi connectivity index (χ4n) is 4.70. The number of pyridine rings is 1. The summed E-state index contributed by atoms with van der Waals surface area (Å²) in [5, 5.41) is 8.74. The van der Waals surface area contributed by atoms with Crippen molar-refractivity contribution in [2.24, 2.45) is 10.7 Å². The van der Waals surface area contributed by atoms with Crippen molar-refractivity contribution in [1.29, 1.82) is 0 Å². The molecule has 0 amide bonds. The lowest BCUT2D eigenvalue weighted by Crippen LogP contribution is -2.57. The molecule has 1 saturated heterocycles. The number of thiophene rings is 1. The first-order valence-corrected chi connectivity index (χ1v) is 13.7. The number of nitrogens with one attached hydrogen (secondary N) is 2. The largest absolute Gasteiger partial charge is 0.357 e. The average Bonchev–Trinajstić information content (AvgIpc) is 3.65. The molecule has 7 nitrogen and oxygen atoms in total. The highest BCUT2D eigenvalue weighted by molar-refractivity contribution is 7.14. The first-order chi connectivity index (χ1) is 18.8. The Balaban J connectivity index is 1.53. The molecule has 1 fully saturated rings. The van der Waals surface area contributed by atoms with Gasteiger partial charge in [0.1, 0.15) is 11.5 Å². The van der Waals surface area contributed by atoms with Gasteiger partial charge in [0.2, 0.25) is 0 Å². The van der Waals surface area contributed by atoms with Crippen LogP contribution in [-0.4, -0.2) is 50.0 Å². The first-order valence-electron chi connectivity index (χ1n) is 12.8. The van der Waals surface area contributed by atoms with Crippen LogP contribution < -0.4 is 5.73 Å². The summed E-state index contributed by atoms with van der Waals surface area (Å²) in [4.78, 5) is 17.5. The van der Waals surface area contributed by atoms with E-state index >= 15 is 0 Å². The third kappa shape index (κ3) is 5.08. The molecule has 5 heterocycles. The Labute approximate surface area is 232 Å². The second-order valence-corrected chi connectivity index (χ2v) is 10.8. The lowest BCUT2D eigenvalue weighted by molar-refractivity contribution is 0.256. The molecule has 39 heavy (non-hydrogen) atoms. The summed E-state index contributed by atoms with van der Waals surface area (Å²) in [6.07, 6.45) is 9.41. The van der Waals surface area contributed by atoms with Gasteiger partial charge >= 0.3 is 0 Å². The third-order valence-corrected chi connectivity index (χ3v) is 8.05. The van der Waals surface area contributed by atoms with Crippen molar-refractivity contribution in [3.05, 3.63) is 101 Å². The van der Waals surface area contributed by atoms with Gasteiger partial charge < -0.3 is 15.6 Å². The molecule has 1 aliphatic heterocycles. The van der Waals surface area contributed by atoms with Crippen LogP contribution in [0.25, 0.3) is 39.1 Å². The molecule has 198 valence electrons. The topological polar surface area (TPSA) is 99.0 Å². The Kier molecular flexibility index (Phi) is 7.32. The average molecular weight is 536 g/mol. The van der Waals surface area contributed by atoms with Gasteiger partial charge in [-0.2, -0.15) is 5.10 Å². The van der Waals surface area contributed by atoms with E-state index in [1.165, 1.54) is 4.88 Å².